The highest BCUT2D eigenvalue weighted by Gasteiger charge is 2.27. The van der Waals surface area contributed by atoms with Gasteiger partial charge in [0.25, 0.3) is 0 Å². The highest BCUT2D eigenvalue weighted by molar-refractivity contribution is 6.09. The summed E-state index contributed by atoms with van der Waals surface area (Å²) in [5.74, 6) is 1.42. The summed E-state index contributed by atoms with van der Waals surface area (Å²) >= 11 is 0. The van der Waals surface area contributed by atoms with E-state index in [2.05, 4.69) is 74.8 Å². The fraction of sp³-hybridized carbons (Fsp3) is 0.412. The van der Waals surface area contributed by atoms with Crippen molar-refractivity contribution in [3.8, 4) is 22.5 Å². The molecule has 0 aliphatic heterocycles. The summed E-state index contributed by atoms with van der Waals surface area (Å²) < 4.78 is 3.57. The SMILES string of the molecule is CCC(C)/C=C(\C=NC)c1ccc(-c2c3c(nn2C)CCc2cnc(Nc4ccn(CC(=O)NCCCN(C)C)n4)nc2-3)cc1. The first-order chi connectivity index (χ1) is 21.7. The lowest BCUT2D eigenvalue weighted by Gasteiger charge is -2.17. The number of hydrogen-bond acceptors (Lipinski definition) is 8. The second-order valence-electron chi connectivity index (χ2n) is 11.9. The predicted molar refractivity (Wildman–Crippen MR) is 181 cm³/mol. The summed E-state index contributed by atoms with van der Waals surface area (Å²) in [4.78, 5) is 28.3. The first-order valence-electron chi connectivity index (χ1n) is 15.6. The molecule has 3 aromatic heterocycles. The Bertz CT molecular complexity index is 1680. The summed E-state index contributed by atoms with van der Waals surface area (Å²) in [6, 6.07) is 10.4. The maximum absolute atomic E-state index is 12.3. The van der Waals surface area contributed by atoms with Gasteiger partial charge in [0.1, 0.15) is 6.54 Å². The Kier molecular flexibility index (Phi) is 10.2. The Labute approximate surface area is 265 Å². The van der Waals surface area contributed by atoms with Crippen LogP contribution in [0.5, 0.6) is 0 Å². The molecule has 1 atom stereocenters. The molecule has 0 radical (unpaired) electrons. The van der Waals surface area contributed by atoms with E-state index in [0.29, 0.717) is 24.2 Å². The van der Waals surface area contributed by atoms with Crippen LogP contribution in [0.1, 0.15) is 43.5 Å². The van der Waals surface area contributed by atoms with Crippen molar-refractivity contribution in [1.82, 2.24) is 39.7 Å². The molecule has 11 heteroatoms. The average Bonchev–Trinajstić information content (AvgIpc) is 3.61. The van der Waals surface area contributed by atoms with Crippen molar-refractivity contribution in [3.05, 3.63) is 65.6 Å². The van der Waals surface area contributed by atoms with Gasteiger partial charge in [-0.15, -0.1) is 0 Å². The van der Waals surface area contributed by atoms with Crippen LogP contribution in [0.25, 0.3) is 28.1 Å². The maximum Gasteiger partial charge on any atom is 0.241 e. The number of rotatable bonds is 13. The summed E-state index contributed by atoms with van der Waals surface area (Å²) in [5.41, 5.74) is 8.41. The Balaban J connectivity index is 1.35. The number of fused-ring (bicyclic) bond motifs is 3. The molecule has 0 saturated carbocycles. The van der Waals surface area contributed by atoms with Crippen molar-refractivity contribution in [2.45, 2.75) is 46.1 Å². The molecular weight excluding hydrogens is 564 g/mol. The third-order valence-corrected chi connectivity index (χ3v) is 8.01. The maximum atomic E-state index is 12.3. The van der Waals surface area contributed by atoms with Crippen LogP contribution in [0.4, 0.5) is 11.8 Å². The zero-order valence-corrected chi connectivity index (χ0v) is 27.2. The summed E-state index contributed by atoms with van der Waals surface area (Å²) in [5, 5.41) is 15.6. The molecule has 0 spiro atoms. The van der Waals surface area contributed by atoms with Gasteiger partial charge in [-0.2, -0.15) is 10.2 Å². The smallest absolute Gasteiger partial charge is 0.241 e. The van der Waals surface area contributed by atoms with Crippen molar-refractivity contribution < 1.29 is 4.79 Å². The van der Waals surface area contributed by atoms with E-state index >= 15 is 0 Å². The molecule has 1 aliphatic rings. The normalized spacial score (nSPS) is 13.6. The zero-order valence-electron chi connectivity index (χ0n) is 27.2. The number of aryl methyl sites for hydroxylation is 3. The Morgan fingerprint density at radius 1 is 1.16 bits per heavy atom. The van der Waals surface area contributed by atoms with Crippen LogP contribution in [-0.2, 0) is 31.2 Å². The Morgan fingerprint density at radius 2 is 1.96 bits per heavy atom. The van der Waals surface area contributed by atoms with Gasteiger partial charge in [0.2, 0.25) is 11.9 Å². The lowest BCUT2D eigenvalue weighted by molar-refractivity contribution is -0.121. The molecule has 236 valence electrons. The largest absolute Gasteiger partial charge is 0.354 e. The van der Waals surface area contributed by atoms with Crippen molar-refractivity contribution in [2.75, 3.05) is 39.5 Å². The highest BCUT2D eigenvalue weighted by atomic mass is 16.2. The van der Waals surface area contributed by atoms with E-state index in [1.807, 2.05) is 51.4 Å². The van der Waals surface area contributed by atoms with E-state index in [9.17, 15) is 4.79 Å². The molecule has 2 N–H and O–H groups in total. The van der Waals surface area contributed by atoms with Gasteiger partial charge in [-0.05, 0) is 62.5 Å². The molecule has 3 heterocycles. The van der Waals surface area contributed by atoms with Gasteiger partial charge in [0.15, 0.2) is 5.82 Å². The van der Waals surface area contributed by atoms with E-state index in [-0.39, 0.29) is 12.5 Å². The molecule has 0 bridgehead atoms. The molecule has 11 nitrogen and oxygen atoms in total. The van der Waals surface area contributed by atoms with Gasteiger partial charge in [0, 0.05) is 56.4 Å². The van der Waals surface area contributed by atoms with Crippen LogP contribution in [0.3, 0.4) is 0 Å². The fourth-order valence-electron chi connectivity index (χ4n) is 5.51. The number of allylic oxidation sites excluding steroid dienone is 2. The van der Waals surface area contributed by atoms with Crippen LogP contribution in [0.15, 0.2) is 53.8 Å². The third-order valence-electron chi connectivity index (χ3n) is 8.01. The monoisotopic (exact) mass is 608 g/mol. The molecular formula is C34H44N10O. The van der Waals surface area contributed by atoms with Gasteiger partial charge < -0.3 is 15.5 Å². The minimum absolute atomic E-state index is 0.0700. The quantitative estimate of drug-likeness (QED) is 0.166. The summed E-state index contributed by atoms with van der Waals surface area (Å²) in [6.07, 6.45) is 11.5. The van der Waals surface area contributed by atoms with Gasteiger partial charge >= 0.3 is 0 Å². The van der Waals surface area contributed by atoms with Crippen LogP contribution in [0, 0.1) is 5.92 Å². The lowest BCUT2D eigenvalue weighted by Crippen LogP contribution is -2.30. The lowest BCUT2D eigenvalue weighted by atomic mass is 9.91. The first kappa shape index (κ1) is 31.8. The molecule has 1 aliphatic carbocycles. The van der Waals surface area contributed by atoms with Gasteiger partial charge in [-0.1, -0.05) is 50.6 Å². The molecule has 5 rings (SSSR count). The molecule has 1 unspecified atom stereocenters. The van der Waals surface area contributed by atoms with E-state index in [1.54, 1.807) is 10.9 Å². The van der Waals surface area contributed by atoms with Crippen molar-refractivity contribution in [1.29, 1.82) is 0 Å². The van der Waals surface area contributed by atoms with Crippen molar-refractivity contribution in [3.63, 3.8) is 0 Å². The average molecular weight is 609 g/mol. The number of carbonyl (C=O) groups excluding carboxylic acids is 1. The fourth-order valence-corrected chi connectivity index (χ4v) is 5.51. The van der Waals surface area contributed by atoms with E-state index < -0.39 is 0 Å². The van der Waals surface area contributed by atoms with E-state index in [0.717, 1.165) is 77.1 Å². The van der Waals surface area contributed by atoms with Crippen molar-refractivity contribution in [2.24, 2.45) is 18.0 Å². The second kappa shape index (κ2) is 14.4. The number of amides is 1. The Hall–Kier alpha value is -4.64. The summed E-state index contributed by atoms with van der Waals surface area (Å²) in [6.45, 7) is 6.13. The molecule has 1 aromatic carbocycles. The van der Waals surface area contributed by atoms with Crippen molar-refractivity contribution >= 4 is 29.5 Å². The predicted octanol–water partition coefficient (Wildman–Crippen LogP) is 4.78. The minimum Gasteiger partial charge on any atom is -0.354 e. The number of nitrogens with one attached hydrogen (secondary N) is 2. The number of anilines is 2. The van der Waals surface area contributed by atoms with E-state index in [4.69, 9.17) is 10.1 Å². The molecule has 0 saturated heterocycles. The first-order valence-corrected chi connectivity index (χ1v) is 15.6. The highest BCUT2D eigenvalue weighted by Crippen LogP contribution is 2.40. The van der Waals surface area contributed by atoms with Crippen LogP contribution in [0.2, 0.25) is 0 Å². The van der Waals surface area contributed by atoms with Crippen LogP contribution in [-0.4, -0.2) is 80.8 Å². The number of hydrogen-bond donors (Lipinski definition) is 2. The topological polar surface area (TPSA) is 118 Å². The van der Waals surface area contributed by atoms with Gasteiger partial charge in [-0.25, -0.2) is 9.97 Å². The van der Waals surface area contributed by atoms with Crippen LogP contribution >= 0.6 is 0 Å². The number of aliphatic imine (C=N–C) groups is 1. The minimum atomic E-state index is -0.0700. The standard InChI is InChI=1S/C34H44N10O/c1-7-23(2)19-27(20-35-3)24-9-11-25(12-10-24)33-31-28(40-43(33)6)14-13-26-21-37-34(39-32(26)31)38-29-15-18-44(41-29)22-30(45)36-16-8-17-42(4)5/h9-12,15,18-21,23H,7-8,13-14,16-17,22H2,1-6H3,(H,36,45)(H,37,38,39,41)/b27-19+,35-20?. The number of carbonyl (C=O) groups is 1. The third kappa shape index (κ3) is 7.72. The molecule has 0 fully saturated rings. The Morgan fingerprint density at radius 3 is 2.69 bits per heavy atom. The van der Waals surface area contributed by atoms with Crippen LogP contribution < -0.4 is 10.6 Å². The molecule has 1 amide bonds. The van der Waals surface area contributed by atoms with Gasteiger partial charge in [0.05, 0.1) is 17.1 Å². The number of aromatic nitrogens is 6. The van der Waals surface area contributed by atoms with E-state index in [1.165, 1.54) is 0 Å². The van der Waals surface area contributed by atoms with Gasteiger partial charge in [-0.3, -0.25) is 19.2 Å². The zero-order chi connectivity index (χ0) is 31.9. The summed E-state index contributed by atoms with van der Waals surface area (Å²) in [7, 11) is 7.84. The second-order valence-corrected chi connectivity index (χ2v) is 11.9. The molecule has 45 heavy (non-hydrogen) atoms. The number of nitrogens with zero attached hydrogens (tertiary/aromatic N) is 8. The molecule has 4 aromatic rings. The number of benzene rings is 1.